The van der Waals surface area contributed by atoms with E-state index in [1.165, 1.54) is 12.1 Å². The fourth-order valence-corrected chi connectivity index (χ4v) is 2.60. The summed E-state index contributed by atoms with van der Waals surface area (Å²) in [7, 11) is -3.68. The normalized spacial score (nSPS) is 11.7. The Hall–Kier alpha value is -2.72. The predicted octanol–water partition coefficient (Wildman–Crippen LogP) is 2.13. The average Bonchev–Trinajstić information content (AvgIpc) is 2.54. The molecule has 0 saturated carbocycles. The molecule has 0 aliphatic heterocycles. The van der Waals surface area contributed by atoms with Crippen molar-refractivity contribution in [2.45, 2.75) is 37.7 Å². The number of nitrogens with zero attached hydrogens (tertiary/aromatic N) is 2. The first-order valence-electron chi connectivity index (χ1n) is 8.22. The molecule has 0 fully saturated rings. The lowest BCUT2D eigenvalue weighted by Gasteiger charge is -2.19. The van der Waals surface area contributed by atoms with Crippen molar-refractivity contribution in [3.8, 4) is 0 Å². The van der Waals surface area contributed by atoms with Crippen LogP contribution in [0.25, 0.3) is 0 Å². The first-order chi connectivity index (χ1) is 12.5. The number of primary sulfonamides is 1. The zero-order chi connectivity index (χ0) is 20.1. The summed E-state index contributed by atoms with van der Waals surface area (Å²) in [5, 5.41) is 18.6. The van der Waals surface area contributed by atoms with Crippen molar-refractivity contribution in [3.05, 3.63) is 42.0 Å². The van der Waals surface area contributed by atoms with Gasteiger partial charge in [-0.3, -0.25) is 5.32 Å². The Labute approximate surface area is 158 Å². The van der Waals surface area contributed by atoms with Gasteiger partial charge < -0.3 is 10.1 Å². The summed E-state index contributed by atoms with van der Waals surface area (Å²) in [6.07, 6.45) is 0.0604. The van der Waals surface area contributed by atoms with Crippen LogP contribution in [0.1, 0.15) is 26.3 Å². The fourth-order valence-electron chi connectivity index (χ4n) is 2.08. The second-order valence-corrected chi connectivity index (χ2v) is 8.36. The molecule has 2 aromatic rings. The molecule has 0 unspecified atom stereocenters. The topological polar surface area (TPSA) is 136 Å². The summed E-state index contributed by atoms with van der Waals surface area (Å²) in [4.78, 5) is 11.7. The van der Waals surface area contributed by atoms with Crippen molar-refractivity contribution < 1.29 is 17.9 Å². The molecule has 0 atom stereocenters. The maximum atomic E-state index is 11.7. The smallest absolute Gasteiger partial charge is 0.413 e. The van der Waals surface area contributed by atoms with Crippen LogP contribution in [0.5, 0.6) is 0 Å². The lowest BCUT2D eigenvalue weighted by Crippen LogP contribution is -2.27. The Morgan fingerprint density at radius 3 is 2.19 bits per heavy atom. The first-order valence-corrected chi connectivity index (χ1v) is 9.77. The van der Waals surface area contributed by atoms with E-state index in [1.54, 1.807) is 45.0 Å². The van der Waals surface area contributed by atoms with Crippen LogP contribution in [0.3, 0.4) is 0 Å². The van der Waals surface area contributed by atoms with Crippen LogP contribution in [-0.2, 0) is 21.2 Å². The number of anilines is 2. The Morgan fingerprint density at radius 2 is 1.67 bits per heavy atom. The zero-order valence-electron chi connectivity index (χ0n) is 15.4. The first kappa shape index (κ1) is 20.6. The lowest BCUT2D eigenvalue weighted by atomic mass is 10.1. The largest absolute Gasteiger partial charge is 0.444 e. The molecule has 146 valence electrons. The lowest BCUT2D eigenvalue weighted by molar-refractivity contribution is 0.0635. The van der Waals surface area contributed by atoms with Crippen LogP contribution in [0.15, 0.2) is 41.3 Å². The van der Waals surface area contributed by atoms with Gasteiger partial charge in [-0.15, -0.1) is 10.2 Å². The van der Waals surface area contributed by atoms with E-state index in [4.69, 9.17) is 9.88 Å². The third-order valence-electron chi connectivity index (χ3n) is 3.27. The van der Waals surface area contributed by atoms with Gasteiger partial charge in [-0.25, -0.2) is 18.4 Å². The van der Waals surface area contributed by atoms with Crippen LogP contribution in [0, 0.1) is 0 Å². The van der Waals surface area contributed by atoms with E-state index in [0.29, 0.717) is 18.8 Å². The zero-order valence-corrected chi connectivity index (χ0v) is 16.2. The van der Waals surface area contributed by atoms with Gasteiger partial charge in [0.05, 0.1) is 4.90 Å². The molecule has 0 saturated heterocycles. The van der Waals surface area contributed by atoms with E-state index in [-0.39, 0.29) is 10.7 Å². The number of benzene rings is 1. The summed E-state index contributed by atoms with van der Waals surface area (Å²) >= 11 is 0. The minimum atomic E-state index is -3.68. The van der Waals surface area contributed by atoms with Crippen molar-refractivity contribution in [1.82, 2.24) is 10.2 Å². The summed E-state index contributed by atoms with van der Waals surface area (Å²) in [5.74, 6) is 0.833. The molecule has 0 radical (unpaired) electrons. The molecule has 1 amide bonds. The third-order valence-corrected chi connectivity index (χ3v) is 4.19. The van der Waals surface area contributed by atoms with Crippen molar-refractivity contribution in [1.29, 1.82) is 0 Å². The predicted molar refractivity (Wildman–Crippen MR) is 102 cm³/mol. The van der Waals surface area contributed by atoms with Gasteiger partial charge in [-0.2, -0.15) is 0 Å². The SMILES string of the molecule is CC(C)(C)OC(=O)Nc1ccc(NCCc2ccc(S(N)(=O)=O)cc2)nn1. The minimum absolute atomic E-state index is 0.0816. The molecule has 27 heavy (non-hydrogen) atoms. The Balaban J connectivity index is 1.82. The molecule has 1 heterocycles. The van der Waals surface area contributed by atoms with Crippen LogP contribution >= 0.6 is 0 Å². The number of hydrogen-bond donors (Lipinski definition) is 3. The highest BCUT2D eigenvalue weighted by atomic mass is 32.2. The monoisotopic (exact) mass is 393 g/mol. The van der Waals surface area contributed by atoms with Crippen molar-refractivity contribution >= 4 is 27.8 Å². The second kappa shape index (κ2) is 8.31. The summed E-state index contributed by atoms with van der Waals surface area (Å²) < 4.78 is 27.6. The highest BCUT2D eigenvalue weighted by Gasteiger charge is 2.16. The summed E-state index contributed by atoms with van der Waals surface area (Å²) in [6, 6.07) is 9.66. The van der Waals surface area contributed by atoms with Crippen LogP contribution in [-0.4, -0.2) is 36.9 Å². The van der Waals surface area contributed by atoms with Crippen molar-refractivity contribution in [2.24, 2.45) is 5.14 Å². The van der Waals surface area contributed by atoms with Crippen molar-refractivity contribution in [3.63, 3.8) is 0 Å². The number of amides is 1. The van der Waals surface area contributed by atoms with Gasteiger partial charge in [0.25, 0.3) is 0 Å². The van der Waals surface area contributed by atoms with Gasteiger partial charge in [0, 0.05) is 6.54 Å². The quantitative estimate of drug-likeness (QED) is 0.684. The molecule has 9 nitrogen and oxygen atoms in total. The number of carbonyl (C=O) groups is 1. The van der Waals surface area contributed by atoms with Crippen LogP contribution in [0.4, 0.5) is 16.4 Å². The van der Waals surface area contributed by atoms with Gasteiger partial charge in [0.2, 0.25) is 10.0 Å². The number of nitrogens with one attached hydrogen (secondary N) is 2. The van der Waals surface area contributed by atoms with Gasteiger partial charge in [-0.05, 0) is 57.0 Å². The molecule has 1 aromatic carbocycles. The standard InChI is InChI=1S/C17H23N5O4S/c1-17(2,3)26-16(23)20-15-9-8-14(21-22-15)19-11-10-12-4-6-13(7-5-12)27(18,24)25/h4-9H,10-11H2,1-3H3,(H,19,21)(H2,18,24,25)(H,20,22,23). The maximum absolute atomic E-state index is 11.7. The third kappa shape index (κ3) is 7.19. The molecule has 10 heteroatoms. The number of aromatic nitrogens is 2. The van der Waals surface area contributed by atoms with Gasteiger partial charge >= 0.3 is 6.09 Å². The molecule has 1 aromatic heterocycles. The van der Waals surface area contributed by atoms with Crippen LogP contribution < -0.4 is 15.8 Å². The fraction of sp³-hybridized carbons (Fsp3) is 0.353. The second-order valence-electron chi connectivity index (χ2n) is 6.80. The number of sulfonamides is 1. The number of ether oxygens (including phenoxy) is 1. The molecule has 4 N–H and O–H groups in total. The minimum Gasteiger partial charge on any atom is -0.444 e. The molecule has 0 aliphatic carbocycles. The Morgan fingerprint density at radius 1 is 1.07 bits per heavy atom. The molecule has 0 bridgehead atoms. The Kier molecular flexibility index (Phi) is 6.34. The van der Waals surface area contributed by atoms with Gasteiger partial charge in [0.15, 0.2) is 5.82 Å². The maximum Gasteiger partial charge on any atom is 0.413 e. The van der Waals surface area contributed by atoms with E-state index >= 15 is 0 Å². The van der Waals surface area contributed by atoms with E-state index in [9.17, 15) is 13.2 Å². The summed E-state index contributed by atoms with van der Waals surface area (Å²) in [6.45, 7) is 5.89. The number of rotatable bonds is 6. The summed E-state index contributed by atoms with van der Waals surface area (Å²) in [5.41, 5.74) is 0.358. The molecular weight excluding hydrogens is 370 g/mol. The van der Waals surface area contributed by atoms with E-state index < -0.39 is 21.7 Å². The number of hydrogen-bond acceptors (Lipinski definition) is 7. The molecule has 2 rings (SSSR count). The highest BCUT2D eigenvalue weighted by Crippen LogP contribution is 2.12. The molecule has 0 aliphatic rings. The van der Waals surface area contributed by atoms with Gasteiger partial charge in [-0.1, -0.05) is 12.1 Å². The van der Waals surface area contributed by atoms with Gasteiger partial charge in [0.1, 0.15) is 11.4 Å². The number of nitrogens with two attached hydrogens (primary N) is 1. The Bertz CT molecular complexity index is 875. The van der Waals surface area contributed by atoms with E-state index in [2.05, 4.69) is 20.8 Å². The van der Waals surface area contributed by atoms with Crippen LogP contribution in [0.2, 0.25) is 0 Å². The number of carbonyl (C=O) groups excluding carboxylic acids is 1. The molecule has 0 spiro atoms. The van der Waals surface area contributed by atoms with Crippen molar-refractivity contribution in [2.75, 3.05) is 17.2 Å². The molecular formula is C17H23N5O4S. The average molecular weight is 393 g/mol. The van der Waals surface area contributed by atoms with E-state index in [0.717, 1.165) is 5.56 Å². The highest BCUT2D eigenvalue weighted by molar-refractivity contribution is 7.89. The van der Waals surface area contributed by atoms with E-state index in [1.807, 2.05) is 0 Å².